The third-order valence-electron chi connectivity index (χ3n) is 4.47. The maximum atomic E-state index is 11.9. The Morgan fingerprint density at radius 1 is 1.12 bits per heavy atom. The van der Waals surface area contributed by atoms with E-state index < -0.39 is 0 Å². The van der Waals surface area contributed by atoms with Gasteiger partial charge in [0.05, 0.1) is 6.54 Å². The molecule has 5 heteroatoms. The van der Waals surface area contributed by atoms with Gasteiger partial charge in [-0.3, -0.25) is 4.79 Å². The van der Waals surface area contributed by atoms with E-state index in [0.29, 0.717) is 18.0 Å². The number of carbonyl (C=O) groups excluding carboxylic acids is 1. The van der Waals surface area contributed by atoms with E-state index in [1.807, 2.05) is 24.3 Å². The molecule has 0 radical (unpaired) electrons. The first-order chi connectivity index (χ1) is 12.5. The number of hydrogen-bond donors (Lipinski definition) is 2. The number of benzene rings is 1. The highest BCUT2D eigenvalue weighted by Gasteiger charge is 2.08. The summed E-state index contributed by atoms with van der Waals surface area (Å²) < 4.78 is 0. The smallest absolute Gasteiger partial charge is 0.253 e. The minimum Gasteiger partial charge on any atom is -0.357 e. The first kappa shape index (κ1) is 22.0. The molecule has 2 N–H and O–H groups in total. The Balaban J connectivity index is 2.63. The summed E-state index contributed by atoms with van der Waals surface area (Å²) in [6.07, 6.45) is 4.98. The number of aliphatic imine (C=N–C) groups is 1. The Bertz CT molecular complexity index is 552. The van der Waals surface area contributed by atoms with E-state index in [-0.39, 0.29) is 5.91 Å². The number of guanidine groups is 1. The molecule has 0 aliphatic heterocycles. The van der Waals surface area contributed by atoms with Crippen molar-refractivity contribution >= 4 is 11.9 Å². The first-order valence-electron chi connectivity index (χ1n) is 9.84. The molecular weight excluding hydrogens is 324 g/mol. The van der Waals surface area contributed by atoms with Crippen LogP contribution in [0.1, 0.15) is 62.4 Å². The van der Waals surface area contributed by atoms with Gasteiger partial charge < -0.3 is 15.5 Å². The third kappa shape index (κ3) is 7.89. The maximum absolute atomic E-state index is 11.9. The van der Waals surface area contributed by atoms with Crippen LogP contribution in [-0.2, 0) is 6.54 Å². The average Bonchev–Trinajstić information content (AvgIpc) is 2.65. The summed E-state index contributed by atoms with van der Waals surface area (Å²) in [4.78, 5) is 18.2. The zero-order chi connectivity index (χ0) is 19.4. The van der Waals surface area contributed by atoms with E-state index in [4.69, 9.17) is 0 Å². The molecule has 26 heavy (non-hydrogen) atoms. The second kappa shape index (κ2) is 12.3. The molecule has 0 saturated heterocycles. The summed E-state index contributed by atoms with van der Waals surface area (Å²) >= 11 is 0. The van der Waals surface area contributed by atoms with Crippen molar-refractivity contribution in [2.45, 2.75) is 53.0 Å². The van der Waals surface area contributed by atoms with E-state index in [1.165, 1.54) is 25.7 Å². The number of unbranched alkanes of at least 4 members (excludes halogenated alkanes) is 1. The minimum absolute atomic E-state index is 0.0211. The Morgan fingerprint density at radius 3 is 2.35 bits per heavy atom. The Kier molecular flexibility index (Phi) is 10.4. The first-order valence-corrected chi connectivity index (χ1v) is 9.84. The summed E-state index contributed by atoms with van der Waals surface area (Å²) in [6, 6.07) is 7.68. The van der Waals surface area contributed by atoms with Gasteiger partial charge in [0.25, 0.3) is 5.91 Å². The summed E-state index contributed by atoms with van der Waals surface area (Å²) in [6.45, 7) is 8.96. The molecule has 1 unspecified atom stereocenters. The fourth-order valence-corrected chi connectivity index (χ4v) is 2.71. The maximum Gasteiger partial charge on any atom is 0.253 e. The van der Waals surface area contributed by atoms with Gasteiger partial charge in [0.2, 0.25) is 0 Å². The number of carbonyl (C=O) groups is 1. The molecule has 5 nitrogen and oxygen atoms in total. The quantitative estimate of drug-likeness (QED) is 0.494. The highest BCUT2D eigenvalue weighted by molar-refractivity contribution is 5.93. The molecule has 1 aromatic carbocycles. The normalized spacial score (nSPS) is 12.6. The molecule has 1 atom stereocenters. The minimum atomic E-state index is 0.0211. The summed E-state index contributed by atoms with van der Waals surface area (Å²) in [5.74, 6) is 1.57. The van der Waals surface area contributed by atoms with Crippen molar-refractivity contribution in [3.8, 4) is 0 Å². The van der Waals surface area contributed by atoms with Crippen molar-refractivity contribution in [2.24, 2.45) is 10.9 Å². The van der Waals surface area contributed by atoms with Crippen LogP contribution in [0.2, 0.25) is 0 Å². The highest BCUT2D eigenvalue weighted by Crippen LogP contribution is 2.11. The van der Waals surface area contributed by atoms with Crippen LogP contribution in [0.25, 0.3) is 0 Å². The molecule has 0 aliphatic rings. The van der Waals surface area contributed by atoms with Gasteiger partial charge >= 0.3 is 0 Å². The average molecular weight is 361 g/mol. The molecule has 0 spiro atoms. The Morgan fingerprint density at radius 2 is 1.81 bits per heavy atom. The van der Waals surface area contributed by atoms with Crippen LogP contribution in [0.15, 0.2) is 29.3 Å². The standard InChI is InChI=1S/C21H36N4O/c1-6-9-10-17(7-2)15-23-21(22-8-3)24-16-18-11-13-19(14-12-18)20(26)25(4)5/h11-14,17H,6-10,15-16H2,1-5H3,(H2,22,23,24). The monoisotopic (exact) mass is 360 g/mol. The van der Waals surface area contributed by atoms with E-state index in [1.54, 1.807) is 19.0 Å². The van der Waals surface area contributed by atoms with Gasteiger partial charge in [-0.15, -0.1) is 0 Å². The second-order valence-electron chi connectivity index (χ2n) is 6.89. The van der Waals surface area contributed by atoms with Gasteiger partial charge in [0.1, 0.15) is 0 Å². The molecule has 1 rings (SSSR count). The molecular formula is C21H36N4O. The van der Waals surface area contributed by atoms with E-state index in [2.05, 4.69) is 36.4 Å². The van der Waals surface area contributed by atoms with E-state index >= 15 is 0 Å². The van der Waals surface area contributed by atoms with Gasteiger partial charge in [-0.25, -0.2) is 4.99 Å². The lowest BCUT2D eigenvalue weighted by Gasteiger charge is -2.18. The fraction of sp³-hybridized carbons (Fsp3) is 0.619. The number of amides is 1. The van der Waals surface area contributed by atoms with E-state index in [0.717, 1.165) is 24.6 Å². The lowest BCUT2D eigenvalue weighted by Crippen LogP contribution is -2.39. The number of rotatable bonds is 10. The third-order valence-corrected chi connectivity index (χ3v) is 4.47. The Labute approximate surface area is 159 Å². The van der Waals surface area contributed by atoms with E-state index in [9.17, 15) is 4.79 Å². The van der Waals surface area contributed by atoms with Crippen LogP contribution in [0, 0.1) is 5.92 Å². The fourth-order valence-electron chi connectivity index (χ4n) is 2.71. The number of nitrogens with one attached hydrogen (secondary N) is 2. The van der Waals surface area contributed by atoms with Crippen LogP contribution in [-0.4, -0.2) is 44.0 Å². The lowest BCUT2D eigenvalue weighted by molar-refractivity contribution is 0.0827. The van der Waals surface area contributed by atoms with Crippen LogP contribution in [0.5, 0.6) is 0 Å². The van der Waals surface area contributed by atoms with Crippen LogP contribution in [0.4, 0.5) is 0 Å². The molecule has 0 aromatic heterocycles. The summed E-state index contributed by atoms with van der Waals surface area (Å²) in [5.41, 5.74) is 1.80. The van der Waals surface area contributed by atoms with Crippen molar-refractivity contribution < 1.29 is 4.79 Å². The number of nitrogens with zero attached hydrogens (tertiary/aromatic N) is 2. The van der Waals surface area contributed by atoms with Gasteiger partial charge in [-0.2, -0.15) is 0 Å². The van der Waals surface area contributed by atoms with Gasteiger partial charge in [-0.1, -0.05) is 45.2 Å². The van der Waals surface area contributed by atoms with Gasteiger partial charge in [0.15, 0.2) is 5.96 Å². The lowest BCUT2D eigenvalue weighted by atomic mass is 9.99. The summed E-state index contributed by atoms with van der Waals surface area (Å²) in [7, 11) is 3.53. The molecule has 0 fully saturated rings. The van der Waals surface area contributed by atoms with Crippen molar-refractivity contribution in [2.75, 3.05) is 27.2 Å². The van der Waals surface area contributed by atoms with Crippen molar-refractivity contribution in [3.05, 3.63) is 35.4 Å². The molecule has 0 saturated carbocycles. The van der Waals surface area contributed by atoms with Crippen molar-refractivity contribution in [1.82, 2.24) is 15.5 Å². The molecule has 0 bridgehead atoms. The largest absolute Gasteiger partial charge is 0.357 e. The van der Waals surface area contributed by atoms with Crippen LogP contribution < -0.4 is 10.6 Å². The van der Waals surface area contributed by atoms with Crippen LogP contribution >= 0.6 is 0 Å². The molecule has 0 aliphatic carbocycles. The molecule has 1 aromatic rings. The van der Waals surface area contributed by atoms with Gasteiger partial charge in [-0.05, 0) is 37.0 Å². The van der Waals surface area contributed by atoms with Crippen LogP contribution in [0.3, 0.4) is 0 Å². The second-order valence-corrected chi connectivity index (χ2v) is 6.89. The predicted molar refractivity (Wildman–Crippen MR) is 111 cm³/mol. The molecule has 0 heterocycles. The molecule has 146 valence electrons. The van der Waals surface area contributed by atoms with Crippen molar-refractivity contribution in [1.29, 1.82) is 0 Å². The summed E-state index contributed by atoms with van der Waals surface area (Å²) in [5, 5.41) is 6.78. The zero-order valence-electron chi connectivity index (χ0n) is 17.1. The van der Waals surface area contributed by atoms with Crippen molar-refractivity contribution in [3.63, 3.8) is 0 Å². The molecule has 1 amide bonds. The highest BCUT2D eigenvalue weighted by atomic mass is 16.2. The SMILES string of the molecule is CCCCC(CC)CNC(=NCc1ccc(C(=O)N(C)C)cc1)NCC. The van der Waals surface area contributed by atoms with Gasteiger partial charge in [0, 0.05) is 32.7 Å². The zero-order valence-corrected chi connectivity index (χ0v) is 17.1. The predicted octanol–water partition coefficient (Wildman–Crippen LogP) is 3.66. The number of hydrogen-bond acceptors (Lipinski definition) is 2. The topological polar surface area (TPSA) is 56.7 Å². The Hall–Kier alpha value is -2.04.